The van der Waals surface area contributed by atoms with Gasteiger partial charge in [0.25, 0.3) is 5.91 Å². The van der Waals surface area contributed by atoms with Crippen LogP contribution in [0.4, 0.5) is 0 Å². The van der Waals surface area contributed by atoms with E-state index in [1.54, 1.807) is 11.8 Å². The molecule has 0 radical (unpaired) electrons. The molecule has 2 rings (SSSR count). The van der Waals surface area contributed by atoms with E-state index in [1.807, 2.05) is 0 Å². The quantitative estimate of drug-likeness (QED) is 0.896. The zero-order chi connectivity index (χ0) is 13.8. The molecule has 0 bridgehead atoms. The summed E-state index contributed by atoms with van der Waals surface area (Å²) in [7, 11) is 0. The molecule has 0 spiro atoms. The number of rotatable bonds is 4. The second kappa shape index (κ2) is 5.86. The van der Waals surface area contributed by atoms with Crippen molar-refractivity contribution in [2.75, 3.05) is 13.1 Å². The van der Waals surface area contributed by atoms with E-state index in [0.29, 0.717) is 31.0 Å². The largest absolute Gasteiger partial charge is 0.481 e. The van der Waals surface area contributed by atoms with Crippen LogP contribution >= 0.6 is 0 Å². The van der Waals surface area contributed by atoms with E-state index < -0.39 is 5.97 Å². The van der Waals surface area contributed by atoms with Crippen LogP contribution in [0.25, 0.3) is 0 Å². The van der Waals surface area contributed by atoms with Crippen molar-refractivity contribution in [3.63, 3.8) is 0 Å². The minimum absolute atomic E-state index is 0.119. The number of carbonyl (C=O) groups excluding carboxylic acids is 1. The normalized spacial score (nSPS) is 19.4. The smallest absolute Gasteiger partial charge is 0.303 e. The van der Waals surface area contributed by atoms with E-state index in [1.165, 1.54) is 6.39 Å². The highest BCUT2D eigenvalue weighted by Gasteiger charge is 2.27. The molecule has 0 aliphatic carbocycles. The summed E-state index contributed by atoms with van der Waals surface area (Å²) in [6.45, 7) is 3.03. The fraction of sp³-hybridized carbons (Fsp3) is 0.615. The molecular weight excluding hydrogens is 248 g/mol. The van der Waals surface area contributed by atoms with Crippen LogP contribution < -0.4 is 0 Å². The molecule has 2 heterocycles. The predicted octanol–water partition coefficient (Wildman–Crippen LogP) is 1.70. The van der Waals surface area contributed by atoms with Crippen LogP contribution in [0.5, 0.6) is 0 Å². The maximum Gasteiger partial charge on any atom is 0.303 e. The van der Waals surface area contributed by atoms with Gasteiger partial charge >= 0.3 is 5.97 Å². The monoisotopic (exact) mass is 266 g/mol. The summed E-state index contributed by atoms with van der Waals surface area (Å²) in [4.78, 5) is 28.5. The molecule has 1 aromatic rings. The van der Waals surface area contributed by atoms with Crippen LogP contribution in [0.3, 0.4) is 0 Å². The highest BCUT2D eigenvalue weighted by Crippen LogP contribution is 2.22. The number of carbonyl (C=O) groups is 2. The number of carboxylic acids is 1. The number of aromatic nitrogens is 1. The maximum atomic E-state index is 12.3. The number of hydrogen-bond donors (Lipinski definition) is 1. The van der Waals surface area contributed by atoms with Gasteiger partial charge in [0, 0.05) is 19.5 Å². The molecule has 1 amide bonds. The second-order valence-corrected chi connectivity index (χ2v) is 4.95. The Labute approximate surface area is 111 Å². The lowest BCUT2D eigenvalue weighted by Crippen LogP contribution is -2.40. The molecule has 1 saturated heterocycles. The summed E-state index contributed by atoms with van der Waals surface area (Å²) in [6.07, 6.45) is 3.95. The molecule has 0 aromatic carbocycles. The zero-order valence-electron chi connectivity index (χ0n) is 11.0. The molecule has 6 nitrogen and oxygen atoms in total. The van der Waals surface area contributed by atoms with Gasteiger partial charge < -0.3 is 14.4 Å². The van der Waals surface area contributed by atoms with E-state index in [-0.39, 0.29) is 18.2 Å². The number of nitrogens with zero attached hydrogens (tertiary/aromatic N) is 2. The van der Waals surface area contributed by atoms with Gasteiger partial charge in [0.15, 0.2) is 12.1 Å². The first-order valence-corrected chi connectivity index (χ1v) is 6.49. The Bertz CT molecular complexity index is 469. The first kappa shape index (κ1) is 13.6. The highest BCUT2D eigenvalue weighted by atomic mass is 16.4. The van der Waals surface area contributed by atoms with Crippen molar-refractivity contribution >= 4 is 11.9 Å². The molecule has 1 fully saturated rings. The van der Waals surface area contributed by atoms with Gasteiger partial charge in [0.1, 0.15) is 5.76 Å². The van der Waals surface area contributed by atoms with E-state index in [9.17, 15) is 9.59 Å². The van der Waals surface area contributed by atoms with E-state index in [2.05, 4.69) is 4.98 Å². The minimum Gasteiger partial charge on any atom is -0.481 e. The number of oxazole rings is 1. The van der Waals surface area contributed by atoms with Crippen molar-refractivity contribution in [3.05, 3.63) is 17.8 Å². The van der Waals surface area contributed by atoms with E-state index in [4.69, 9.17) is 9.52 Å². The highest BCUT2D eigenvalue weighted by molar-refractivity contribution is 5.93. The van der Waals surface area contributed by atoms with Gasteiger partial charge in [-0.15, -0.1) is 0 Å². The number of hydrogen-bond acceptors (Lipinski definition) is 4. The van der Waals surface area contributed by atoms with Crippen molar-refractivity contribution < 1.29 is 19.1 Å². The number of aliphatic carboxylic acids is 1. The fourth-order valence-electron chi connectivity index (χ4n) is 2.47. The van der Waals surface area contributed by atoms with Crippen molar-refractivity contribution in [2.45, 2.75) is 32.6 Å². The average Bonchev–Trinajstić information content (AvgIpc) is 2.82. The summed E-state index contributed by atoms with van der Waals surface area (Å²) in [5, 5.41) is 8.70. The molecule has 1 N–H and O–H groups in total. The lowest BCUT2D eigenvalue weighted by atomic mass is 9.93. The number of amides is 1. The topological polar surface area (TPSA) is 83.6 Å². The molecule has 1 aromatic heterocycles. The molecule has 1 atom stereocenters. The molecule has 0 unspecified atom stereocenters. The lowest BCUT2D eigenvalue weighted by Gasteiger charge is -2.32. The fourth-order valence-corrected chi connectivity index (χ4v) is 2.47. The third-order valence-corrected chi connectivity index (χ3v) is 3.52. The van der Waals surface area contributed by atoms with Gasteiger partial charge in [0.05, 0.1) is 0 Å². The van der Waals surface area contributed by atoms with Crippen molar-refractivity contribution in [1.82, 2.24) is 9.88 Å². The van der Waals surface area contributed by atoms with Crippen molar-refractivity contribution in [2.24, 2.45) is 5.92 Å². The first-order chi connectivity index (χ1) is 9.08. The van der Waals surface area contributed by atoms with Crippen LogP contribution in [0, 0.1) is 12.8 Å². The summed E-state index contributed by atoms with van der Waals surface area (Å²) in [5.74, 6) is -0.110. The molecule has 6 heteroatoms. The van der Waals surface area contributed by atoms with Crippen LogP contribution in [0.2, 0.25) is 0 Å². The van der Waals surface area contributed by atoms with Gasteiger partial charge in [-0.05, 0) is 32.1 Å². The number of carboxylic acid groups (broad SMARTS) is 1. The van der Waals surface area contributed by atoms with Gasteiger partial charge in [-0.3, -0.25) is 9.59 Å². The Morgan fingerprint density at radius 1 is 1.58 bits per heavy atom. The standard InChI is InChI=1S/C13H18N2O4/c1-9-12(14-8-19-9)13(18)15-6-2-3-10(7-15)4-5-11(16)17/h8,10H,2-7H2,1H3,(H,16,17)/t10-/m1/s1. The molecule has 19 heavy (non-hydrogen) atoms. The Kier molecular flexibility index (Phi) is 4.19. The van der Waals surface area contributed by atoms with Crippen LogP contribution in [-0.2, 0) is 4.79 Å². The van der Waals surface area contributed by atoms with Crippen LogP contribution in [0.1, 0.15) is 41.9 Å². The summed E-state index contributed by atoms with van der Waals surface area (Å²) in [5.41, 5.74) is 0.360. The molecular formula is C13H18N2O4. The number of piperidine rings is 1. The summed E-state index contributed by atoms with van der Waals surface area (Å²) in [6, 6.07) is 0. The Hall–Kier alpha value is -1.85. The third kappa shape index (κ3) is 3.33. The Morgan fingerprint density at radius 2 is 2.37 bits per heavy atom. The molecule has 1 aliphatic rings. The summed E-state index contributed by atoms with van der Waals surface area (Å²) >= 11 is 0. The van der Waals surface area contributed by atoms with Gasteiger partial charge in [-0.1, -0.05) is 0 Å². The summed E-state index contributed by atoms with van der Waals surface area (Å²) < 4.78 is 5.05. The minimum atomic E-state index is -0.782. The van der Waals surface area contributed by atoms with E-state index in [0.717, 1.165) is 12.8 Å². The average molecular weight is 266 g/mol. The van der Waals surface area contributed by atoms with Gasteiger partial charge in [-0.2, -0.15) is 0 Å². The third-order valence-electron chi connectivity index (χ3n) is 3.52. The molecule has 0 saturated carbocycles. The van der Waals surface area contributed by atoms with Crippen molar-refractivity contribution in [3.8, 4) is 0 Å². The van der Waals surface area contributed by atoms with Crippen LogP contribution in [0.15, 0.2) is 10.8 Å². The Balaban J connectivity index is 1.95. The van der Waals surface area contributed by atoms with Crippen molar-refractivity contribution in [1.29, 1.82) is 0 Å². The maximum absolute atomic E-state index is 12.3. The Morgan fingerprint density at radius 3 is 3.00 bits per heavy atom. The number of aryl methyl sites for hydroxylation is 1. The zero-order valence-corrected chi connectivity index (χ0v) is 11.0. The number of likely N-dealkylation sites (tertiary alicyclic amines) is 1. The van der Waals surface area contributed by atoms with Gasteiger partial charge in [0.2, 0.25) is 0 Å². The molecule has 104 valence electrons. The predicted molar refractivity (Wildman–Crippen MR) is 66.7 cm³/mol. The first-order valence-electron chi connectivity index (χ1n) is 6.49. The SMILES string of the molecule is Cc1ocnc1C(=O)N1CCC[C@H](CCC(=O)O)C1. The van der Waals surface area contributed by atoms with Crippen LogP contribution in [-0.4, -0.2) is 40.0 Å². The second-order valence-electron chi connectivity index (χ2n) is 4.95. The molecule has 1 aliphatic heterocycles. The van der Waals surface area contributed by atoms with Gasteiger partial charge in [-0.25, -0.2) is 4.98 Å². The lowest BCUT2D eigenvalue weighted by molar-refractivity contribution is -0.137. The van der Waals surface area contributed by atoms with E-state index >= 15 is 0 Å².